The van der Waals surface area contributed by atoms with Crippen molar-refractivity contribution in [1.82, 2.24) is 4.90 Å². The molecule has 0 amide bonds. The summed E-state index contributed by atoms with van der Waals surface area (Å²) in [6.45, 7) is 5.89. The monoisotopic (exact) mass is 223 g/mol. The molecule has 0 radical (unpaired) electrons. The van der Waals surface area contributed by atoms with Gasteiger partial charge in [-0.25, -0.2) is 0 Å². The van der Waals surface area contributed by atoms with Crippen molar-refractivity contribution in [2.45, 2.75) is 52.3 Å². The van der Waals surface area contributed by atoms with E-state index in [0.29, 0.717) is 6.54 Å². The molecule has 1 aliphatic rings. The Morgan fingerprint density at radius 2 is 1.73 bits per heavy atom. The van der Waals surface area contributed by atoms with E-state index in [0.717, 1.165) is 19.3 Å². The predicted molar refractivity (Wildman–Crippen MR) is 54.7 cm³/mol. The molecule has 90 valence electrons. The molecule has 1 rings (SSSR count). The number of hydrogen-bond acceptors (Lipinski definition) is 1. The van der Waals surface area contributed by atoms with Gasteiger partial charge in [0.25, 0.3) is 0 Å². The van der Waals surface area contributed by atoms with Crippen LogP contribution < -0.4 is 0 Å². The van der Waals surface area contributed by atoms with Crippen molar-refractivity contribution in [1.29, 1.82) is 0 Å². The van der Waals surface area contributed by atoms with Crippen LogP contribution in [0.5, 0.6) is 0 Å². The first-order valence-corrected chi connectivity index (χ1v) is 5.51. The Kier molecular flexibility index (Phi) is 3.69. The second kappa shape index (κ2) is 4.32. The van der Waals surface area contributed by atoms with Gasteiger partial charge in [-0.15, -0.1) is 0 Å². The highest BCUT2D eigenvalue weighted by Gasteiger charge is 2.38. The summed E-state index contributed by atoms with van der Waals surface area (Å²) in [6.07, 6.45) is -1.24. The molecule has 0 saturated carbocycles. The maximum atomic E-state index is 12.4. The van der Waals surface area contributed by atoms with Crippen molar-refractivity contribution in [3.05, 3.63) is 0 Å². The summed E-state index contributed by atoms with van der Waals surface area (Å²) in [5, 5.41) is 0. The minimum Gasteiger partial charge on any atom is -0.291 e. The van der Waals surface area contributed by atoms with Gasteiger partial charge >= 0.3 is 6.18 Å². The molecule has 0 aliphatic carbocycles. The molecule has 1 aliphatic heterocycles. The van der Waals surface area contributed by atoms with E-state index >= 15 is 0 Å². The molecule has 0 N–H and O–H groups in total. The molecule has 1 nitrogen and oxygen atoms in total. The van der Waals surface area contributed by atoms with Gasteiger partial charge in [-0.3, -0.25) is 4.90 Å². The zero-order valence-corrected chi connectivity index (χ0v) is 9.69. The van der Waals surface area contributed by atoms with Crippen LogP contribution in [0.4, 0.5) is 13.2 Å². The molecule has 1 saturated heterocycles. The highest BCUT2D eigenvalue weighted by Crippen LogP contribution is 2.33. The first kappa shape index (κ1) is 12.8. The number of hydrogen-bond donors (Lipinski definition) is 0. The topological polar surface area (TPSA) is 3.24 Å². The van der Waals surface area contributed by atoms with Crippen LogP contribution in [0.3, 0.4) is 0 Å². The first-order valence-electron chi connectivity index (χ1n) is 5.51. The highest BCUT2D eigenvalue weighted by molar-refractivity contribution is 4.87. The number of nitrogens with zero attached hydrogens (tertiary/aromatic N) is 1. The third kappa shape index (κ3) is 4.01. The SMILES string of the molecule is CC(C)(C)C1CCCCN1CC(F)(F)F. The minimum absolute atomic E-state index is 0.0628. The van der Waals surface area contributed by atoms with Crippen LogP contribution in [-0.4, -0.2) is 30.2 Å². The van der Waals surface area contributed by atoms with Crippen LogP contribution in [0.15, 0.2) is 0 Å². The predicted octanol–water partition coefficient (Wildman–Crippen LogP) is 3.45. The summed E-state index contributed by atoms with van der Waals surface area (Å²) in [5.74, 6) is 0. The lowest BCUT2D eigenvalue weighted by molar-refractivity contribution is -0.158. The van der Waals surface area contributed by atoms with Crippen molar-refractivity contribution in [3.8, 4) is 0 Å². The standard InChI is InChI=1S/C11H20F3N/c1-10(2,3)9-6-4-5-7-15(9)8-11(12,13)14/h9H,4-8H2,1-3H3. The molecule has 1 atom stereocenters. The summed E-state index contributed by atoms with van der Waals surface area (Å²) in [6, 6.07) is 0.0628. The fraction of sp³-hybridized carbons (Fsp3) is 1.00. The highest BCUT2D eigenvalue weighted by atomic mass is 19.4. The Balaban J connectivity index is 2.66. The van der Waals surface area contributed by atoms with E-state index in [9.17, 15) is 13.2 Å². The third-order valence-corrected chi connectivity index (χ3v) is 3.00. The molecule has 1 fully saturated rings. The van der Waals surface area contributed by atoms with Gasteiger partial charge in [0, 0.05) is 6.04 Å². The van der Waals surface area contributed by atoms with Gasteiger partial charge in [0.1, 0.15) is 0 Å². The van der Waals surface area contributed by atoms with E-state index in [2.05, 4.69) is 0 Å². The quantitative estimate of drug-likeness (QED) is 0.658. The van der Waals surface area contributed by atoms with Crippen molar-refractivity contribution >= 4 is 0 Å². The van der Waals surface area contributed by atoms with E-state index < -0.39 is 12.7 Å². The molecule has 1 unspecified atom stereocenters. The van der Waals surface area contributed by atoms with Crippen LogP contribution in [0.1, 0.15) is 40.0 Å². The largest absolute Gasteiger partial charge is 0.401 e. The van der Waals surface area contributed by atoms with Gasteiger partial charge in [0.2, 0.25) is 0 Å². The fourth-order valence-corrected chi connectivity index (χ4v) is 2.39. The molecule has 15 heavy (non-hydrogen) atoms. The summed E-state index contributed by atoms with van der Waals surface area (Å²) >= 11 is 0. The molecule has 1 heterocycles. The Labute approximate surface area is 89.6 Å². The first-order chi connectivity index (χ1) is 6.70. The molecule has 0 spiro atoms. The van der Waals surface area contributed by atoms with Gasteiger partial charge in [0.15, 0.2) is 0 Å². The maximum Gasteiger partial charge on any atom is 0.401 e. The summed E-state index contributed by atoms with van der Waals surface area (Å²) in [5.41, 5.74) is -0.0638. The van der Waals surface area contributed by atoms with Crippen LogP contribution in [0.2, 0.25) is 0 Å². The van der Waals surface area contributed by atoms with Gasteiger partial charge in [-0.1, -0.05) is 27.2 Å². The molecule has 0 bridgehead atoms. The van der Waals surface area contributed by atoms with E-state index in [-0.39, 0.29) is 11.5 Å². The van der Waals surface area contributed by atoms with Crippen molar-refractivity contribution in [2.24, 2.45) is 5.41 Å². The van der Waals surface area contributed by atoms with E-state index in [1.807, 2.05) is 20.8 Å². The molecule has 0 aromatic heterocycles. The smallest absolute Gasteiger partial charge is 0.291 e. The number of rotatable bonds is 1. The molecule has 0 aromatic carbocycles. The zero-order chi connectivity index (χ0) is 11.7. The van der Waals surface area contributed by atoms with E-state index in [4.69, 9.17) is 0 Å². The fourth-order valence-electron chi connectivity index (χ4n) is 2.39. The minimum atomic E-state index is -4.07. The van der Waals surface area contributed by atoms with Gasteiger partial charge < -0.3 is 0 Å². The zero-order valence-electron chi connectivity index (χ0n) is 9.69. The Morgan fingerprint density at radius 1 is 1.13 bits per heavy atom. The second-order valence-corrected chi connectivity index (χ2v) is 5.46. The third-order valence-electron chi connectivity index (χ3n) is 3.00. The average molecular weight is 223 g/mol. The number of halogens is 3. The molecular weight excluding hydrogens is 203 g/mol. The number of alkyl halides is 3. The Morgan fingerprint density at radius 3 is 2.20 bits per heavy atom. The van der Waals surface area contributed by atoms with Crippen molar-refractivity contribution < 1.29 is 13.2 Å². The van der Waals surface area contributed by atoms with Gasteiger partial charge in [-0.05, 0) is 24.8 Å². The van der Waals surface area contributed by atoms with Crippen molar-refractivity contribution in [2.75, 3.05) is 13.1 Å². The second-order valence-electron chi connectivity index (χ2n) is 5.46. The van der Waals surface area contributed by atoms with Crippen LogP contribution in [0, 0.1) is 5.41 Å². The maximum absolute atomic E-state index is 12.4. The lowest BCUT2D eigenvalue weighted by atomic mass is 9.80. The molecular formula is C11H20F3N. The normalized spacial score (nSPS) is 25.6. The lowest BCUT2D eigenvalue weighted by Gasteiger charge is -2.43. The van der Waals surface area contributed by atoms with Crippen molar-refractivity contribution in [3.63, 3.8) is 0 Å². The van der Waals surface area contributed by atoms with E-state index in [1.54, 1.807) is 4.90 Å². The van der Waals surface area contributed by atoms with Crippen LogP contribution >= 0.6 is 0 Å². The Bertz CT molecular complexity index is 205. The van der Waals surface area contributed by atoms with Crippen LogP contribution in [-0.2, 0) is 0 Å². The number of likely N-dealkylation sites (tertiary alicyclic amines) is 1. The van der Waals surface area contributed by atoms with Crippen LogP contribution in [0.25, 0.3) is 0 Å². The van der Waals surface area contributed by atoms with E-state index in [1.165, 1.54) is 0 Å². The van der Waals surface area contributed by atoms with Gasteiger partial charge in [0.05, 0.1) is 6.54 Å². The summed E-state index contributed by atoms with van der Waals surface area (Å²) < 4.78 is 37.1. The summed E-state index contributed by atoms with van der Waals surface area (Å²) in [4.78, 5) is 1.60. The average Bonchev–Trinajstić information content (AvgIpc) is 1.99. The van der Waals surface area contributed by atoms with Gasteiger partial charge in [-0.2, -0.15) is 13.2 Å². The summed E-state index contributed by atoms with van der Waals surface area (Å²) in [7, 11) is 0. The molecule has 4 heteroatoms. The Hall–Kier alpha value is -0.250. The molecule has 0 aromatic rings. The number of piperidine rings is 1. The lowest BCUT2D eigenvalue weighted by Crippen LogP contribution is -2.50.